The van der Waals surface area contributed by atoms with Gasteiger partial charge in [0.1, 0.15) is 0 Å². The van der Waals surface area contributed by atoms with Crippen molar-refractivity contribution in [3.63, 3.8) is 0 Å². The quantitative estimate of drug-likeness (QED) is 0.479. The summed E-state index contributed by atoms with van der Waals surface area (Å²) < 4.78 is 5.11. The first-order chi connectivity index (χ1) is 5.81. The molecule has 0 fully saturated rings. The first kappa shape index (κ1) is 11.8. The summed E-state index contributed by atoms with van der Waals surface area (Å²) in [5.41, 5.74) is 5.36. The number of ether oxygens (including phenoxy) is 1. The van der Waals surface area contributed by atoms with Gasteiger partial charge in [-0.15, -0.1) is 0 Å². The molecule has 4 heteroatoms. The van der Waals surface area contributed by atoms with E-state index in [1.165, 1.54) is 0 Å². The topological polar surface area (TPSA) is 58.7 Å². The number of nitrogens with two attached hydrogens (primary N) is 1. The Kier molecular flexibility index (Phi) is 8.81. The lowest BCUT2D eigenvalue weighted by molar-refractivity contribution is 0.0783. The predicted octanol–water partition coefficient (Wildman–Crippen LogP) is -0.724. The summed E-state index contributed by atoms with van der Waals surface area (Å²) in [6.45, 7) is 3.87. The Bertz CT molecular complexity index is 91.1. The molecule has 0 aliphatic heterocycles. The second kappa shape index (κ2) is 8.93. The molecular weight excluding hydrogens is 156 g/mol. The van der Waals surface area contributed by atoms with Gasteiger partial charge in [0, 0.05) is 6.54 Å². The highest BCUT2D eigenvalue weighted by molar-refractivity contribution is 4.50. The van der Waals surface area contributed by atoms with Crippen molar-refractivity contribution in [1.29, 1.82) is 0 Å². The average molecular weight is 176 g/mol. The maximum Gasteiger partial charge on any atom is 0.0698 e. The Morgan fingerprint density at radius 1 is 1.33 bits per heavy atom. The van der Waals surface area contributed by atoms with E-state index in [0.717, 1.165) is 26.1 Å². The minimum absolute atomic E-state index is 0.104. The minimum Gasteiger partial charge on any atom is -0.394 e. The monoisotopic (exact) mass is 176 g/mol. The van der Waals surface area contributed by atoms with Crippen LogP contribution in [0.2, 0.25) is 0 Å². The number of rotatable bonds is 8. The van der Waals surface area contributed by atoms with Crippen molar-refractivity contribution in [2.75, 3.05) is 46.5 Å². The van der Waals surface area contributed by atoms with E-state index in [9.17, 15) is 0 Å². The Hall–Kier alpha value is -0.160. The third-order valence-electron chi connectivity index (χ3n) is 1.60. The van der Waals surface area contributed by atoms with Crippen LogP contribution in [-0.2, 0) is 4.74 Å². The SMILES string of the molecule is CN(CCCN)CCOCCO. The fourth-order valence-corrected chi connectivity index (χ4v) is 0.860. The summed E-state index contributed by atoms with van der Waals surface area (Å²) in [5, 5.41) is 8.42. The largest absolute Gasteiger partial charge is 0.394 e. The van der Waals surface area contributed by atoms with Crippen LogP contribution in [0.15, 0.2) is 0 Å². The third kappa shape index (κ3) is 7.94. The van der Waals surface area contributed by atoms with Crippen molar-refractivity contribution < 1.29 is 9.84 Å². The van der Waals surface area contributed by atoms with Gasteiger partial charge in [-0.05, 0) is 26.6 Å². The molecule has 12 heavy (non-hydrogen) atoms. The number of aliphatic hydroxyl groups is 1. The number of likely N-dealkylation sites (N-methyl/N-ethyl adjacent to an activating group) is 1. The van der Waals surface area contributed by atoms with Crippen LogP contribution >= 0.6 is 0 Å². The molecule has 0 spiro atoms. The highest BCUT2D eigenvalue weighted by Gasteiger charge is 1.96. The summed E-state index contributed by atoms with van der Waals surface area (Å²) in [6, 6.07) is 0. The van der Waals surface area contributed by atoms with Gasteiger partial charge in [-0.1, -0.05) is 0 Å². The summed E-state index contributed by atoms with van der Waals surface area (Å²) in [4.78, 5) is 2.17. The van der Waals surface area contributed by atoms with E-state index >= 15 is 0 Å². The molecule has 0 unspecified atom stereocenters. The van der Waals surface area contributed by atoms with Gasteiger partial charge in [-0.25, -0.2) is 0 Å². The molecule has 74 valence electrons. The van der Waals surface area contributed by atoms with Gasteiger partial charge < -0.3 is 20.5 Å². The molecule has 0 amide bonds. The molecule has 4 nitrogen and oxygen atoms in total. The maximum absolute atomic E-state index is 8.42. The van der Waals surface area contributed by atoms with E-state index in [1.807, 2.05) is 7.05 Å². The Labute approximate surface area is 74.3 Å². The lowest BCUT2D eigenvalue weighted by atomic mass is 10.4. The third-order valence-corrected chi connectivity index (χ3v) is 1.60. The fourth-order valence-electron chi connectivity index (χ4n) is 0.860. The Balaban J connectivity index is 3.02. The fraction of sp³-hybridized carbons (Fsp3) is 1.00. The summed E-state index contributed by atoms with van der Waals surface area (Å²) >= 11 is 0. The molecule has 0 heterocycles. The molecule has 0 aromatic rings. The number of nitrogens with zero attached hydrogens (tertiary/aromatic N) is 1. The van der Waals surface area contributed by atoms with Crippen LogP contribution in [0.5, 0.6) is 0 Å². The molecule has 0 rings (SSSR count). The van der Waals surface area contributed by atoms with Crippen LogP contribution in [0.1, 0.15) is 6.42 Å². The van der Waals surface area contributed by atoms with Gasteiger partial charge in [0.2, 0.25) is 0 Å². The van der Waals surface area contributed by atoms with Crippen molar-refractivity contribution in [1.82, 2.24) is 4.90 Å². The zero-order valence-electron chi connectivity index (χ0n) is 7.83. The number of aliphatic hydroxyl groups excluding tert-OH is 1. The van der Waals surface area contributed by atoms with E-state index < -0.39 is 0 Å². The van der Waals surface area contributed by atoms with E-state index in [1.54, 1.807) is 0 Å². The average Bonchev–Trinajstić information content (AvgIpc) is 2.09. The molecule has 0 bridgehead atoms. The standard InChI is InChI=1S/C8H20N2O2/c1-10(4-2-3-9)5-7-12-8-6-11/h11H,2-9H2,1H3. The first-order valence-electron chi connectivity index (χ1n) is 4.38. The number of hydrogen-bond acceptors (Lipinski definition) is 4. The molecule has 0 radical (unpaired) electrons. The maximum atomic E-state index is 8.42. The summed E-state index contributed by atoms with van der Waals surface area (Å²) in [6.07, 6.45) is 1.02. The normalized spacial score (nSPS) is 11.0. The Morgan fingerprint density at radius 2 is 2.08 bits per heavy atom. The van der Waals surface area contributed by atoms with Crippen molar-refractivity contribution in [3.05, 3.63) is 0 Å². The van der Waals surface area contributed by atoms with Gasteiger partial charge in [0.25, 0.3) is 0 Å². The van der Waals surface area contributed by atoms with Crippen LogP contribution in [0.25, 0.3) is 0 Å². The molecule has 0 atom stereocenters. The molecule has 3 N–H and O–H groups in total. The molecular formula is C8H20N2O2. The first-order valence-corrected chi connectivity index (χ1v) is 4.38. The molecule has 0 aromatic heterocycles. The highest BCUT2D eigenvalue weighted by Crippen LogP contribution is 1.85. The second-order valence-electron chi connectivity index (χ2n) is 2.78. The predicted molar refractivity (Wildman–Crippen MR) is 49.1 cm³/mol. The molecule has 0 aliphatic carbocycles. The van der Waals surface area contributed by atoms with Gasteiger partial charge >= 0.3 is 0 Å². The van der Waals surface area contributed by atoms with Crippen LogP contribution < -0.4 is 5.73 Å². The van der Waals surface area contributed by atoms with Crippen LogP contribution in [0.4, 0.5) is 0 Å². The lowest BCUT2D eigenvalue weighted by Gasteiger charge is -2.15. The van der Waals surface area contributed by atoms with Gasteiger partial charge in [-0.2, -0.15) is 0 Å². The summed E-state index contributed by atoms with van der Waals surface area (Å²) in [7, 11) is 2.04. The second-order valence-corrected chi connectivity index (χ2v) is 2.78. The van der Waals surface area contributed by atoms with Gasteiger partial charge in [0.05, 0.1) is 19.8 Å². The lowest BCUT2D eigenvalue weighted by Crippen LogP contribution is -2.26. The van der Waals surface area contributed by atoms with Crippen molar-refractivity contribution in [2.24, 2.45) is 5.73 Å². The smallest absolute Gasteiger partial charge is 0.0698 e. The van der Waals surface area contributed by atoms with Crippen LogP contribution in [0, 0.1) is 0 Å². The minimum atomic E-state index is 0.104. The highest BCUT2D eigenvalue weighted by atomic mass is 16.5. The van der Waals surface area contributed by atoms with Crippen LogP contribution in [-0.4, -0.2) is 56.5 Å². The molecule has 0 saturated carbocycles. The van der Waals surface area contributed by atoms with Crippen molar-refractivity contribution in [3.8, 4) is 0 Å². The van der Waals surface area contributed by atoms with Crippen LogP contribution in [0.3, 0.4) is 0 Å². The number of hydrogen-bond donors (Lipinski definition) is 2. The van der Waals surface area contributed by atoms with E-state index in [0.29, 0.717) is 13.2 Å². The van der Waals surface area contributed by atoms with E-state index in [4.69, 9.17) is 15.6 Å². The molecule has 0 aromatic carbocycles. The van der Waals surface area contributed by atoms with Gasteiger partial charge in [-0.3, -0.25) is 0 Å². The summed E-state index contributed by atoms with van der Waals surface area (Å²) in [5.74, 6) is 0. The zero-order valence-corrected chi connectivity index (χ0v) is 7.83. The van der Waals surface area contributed by atoms with E-state index in [2.05, 4.69) is 4.90 Å². The zero-order chi connectivity index (χ0) is 9.23. The molecule has 0 aliphatic rings. The van der Waals surface area contributed by atoms with Gasteiger partial charge in [0.15, 0.2) is 0 Å². The molecule has 0 saturated heterocycles. The van der Waals surface area contributed by atoms with Crippen molar-refractivity contribution >= 4 is 0 Å². The van der Waals surface area contributed by atoms with Crippen molar-refractivity contribution in [2.45, 2.75) is 6.42 Å². The van der Waals surface area contributed by atoms with E-state index in [-0.39, 0.29) is 6.61 Å². The Morgan fingerprint density at radius 3 is 2.67 bits per heavy atom.